The van der Waals surface area contributed by atoms with Crippen LogP contribution in [0, 0.1) is 0 Å². The van der Waals surface area contributed by atoms with Crippen LogP contribution in [0.25, 0.3) is 32.3 Å². The molecule has 0 aromatic heterocycles. The molecule has 1 aliphatic rings. The van der Waals surface area contributed by atoms with Crippen LogP contribution in [-0.4, -0.2) is 30.1 Å². The number of rotatable bonds is 4. The van der Waals surface area contributed by atoms with Crippen LogP contribution in [0.3, 0.4) is 0 Å². The van der Waals surface area contributed by atoms with Gasteiger partial charge in [-0.3, -0.25) is 9.69 Å². The van der Waals surface area contributed by atoms with E-state index in [0.717, 1.165) is 32.4 Å². The van der Waals surface area contributed by atoms with Gasteiger partial charge in [-0.1, -0.05) is 61.0 Å². The van der Waals surface area contributed by atoms with Crippen molar-refractivity contribution in [3.63, 3.8) is 0 Å². The van der Waals surface area contributed by atoms with Gasteiger partial charge in [-0.15, -0.1) is 0 Å². The zero-order chi connectivity index (χ0) is 19.1. The lowest BCUT2D eigenvalue weighted by Crippen LogP contribution is -2.44. The Bertz CT molecular complexity index is 1130. The lowest BCUT2D eigenvalue weighted by atomic mass is 9.91. The first-order chi connectivity index (χ1) is 13.8. The van der Waals surface area contributed by atoms with Crippen molar-refractivity contribution >= 4 is 38.3 Å². The first-order valence-corrected chi connectivity index (χ1v) is 10.3. The maximum Gasteiger partial charge on any atom is 0.323 e. The Kier molecular flexibility index (Phi) is 4.40. The minimum absolute atomic E-state index is 0.0695. The van der Waals surface area contributed by atoms with Crippen molar-refractivity contribution in [3.8, 4) is 0 Å². The standard InChI is InChI=1S/C25H25NO2/c1-2-28-25(27)22-8-3-4-15-26(22)16-20-12-11-19-10-9-17-6-5-7-18-13-14-21(20)24(19)23(17)18/h5-7,9-14,22H,2-4,8,15-16H2,1H3/t22-/m1/s1. The summed E-state index contributed by atoms with van der Waals surface area (Å²) < 4.78 is 5.35. The summed E-state index contributed by atoms with van der Waals surface area (Å²) >= 11 is 0. The second-order valence-corrected chi connectivity index (χ2v) is 7.81. The molecule has 1 fully saturated rings. The topological polar surface area (TPSA) is 29.5 Å². The van der Waals surface area contributed by atoms with E-state index >= 15 is 0 Å². The van der Waals surface area contributed by atoms with Crippen molar-refractivity contribution in [3.05, 3.63) is 60.2 Å². The van der Waals surface area contributed by atoms with Crippen LogP contribution < -0.4 is 0 Å². The summed E-state index contributed by atoms with van der Waals surface area (Å²) in [6, 6.07) is 19.8. The SMILES string of the molecule is CCOC(=O)[C@H]1CCCCN1Cc1ccc2ccc3cccc4ccc1c2c34. The average molecular weight is 371 g/mol. The van der Waals surface area contributed by atoms with Gasteiger partial charge in [-0.05, 0) is 64.2 Å². The number of likely N-dealkylation sites (tertiary alicyclic amines) is 1. The van der Waals surface area contributed by atoms with Gasteiger partial charge in [-0.25, -0.2) is 0 Å². The molecular formula is C25H25NO2. The highest BCUT2D eigenvalue weighted by Crippen LogP contribution is 2.36. The summed E-state index contributed by atoms with van der Waals surface area (Å²) in [5.41, 5.74) is 1.29. The maximum absolute atomic E-state index is 12.5. The highest BCUT2D eigenvalue weighted by Gasteiger charge is 2.30. The number of esters is 1. The molecule has 142 valence electrons. The van der Waals surface area contributed by atoms with Gasteiger partial charge in [0.2, 0.25) is 0 Å². The van der Waals surface area contributed by atoms with Crippen LogP contribution in [0.15, 0.2) is 54.6 Å². The monoisotopic (exact) mass is 371 g/mol. The molecule has 4 aromatic carbocycles. The Morgan fingerprint density at radius 1 is 0.964 bits per heavy atom. The largest absolute Gasteiger partial charge is 0.465 e. The molecule has 3 nitrogen and oxygen atoms in total. The third kappa shape index (κ3) is 2.82. The van der Waals surface area contributed by atoms with Gasteiger partial charge in [0.1, 0.15) is 6.04 Å². The van der Waals surface area contributed by atoms with Crippen LogP contribution in [0.5, 0.6) is 0 Å². The van der Waals surface area contributed by atoms with E-state index in [2.05, 4.69) is 59.5 Å². The molecule has 5 rings (SSSR count). The van der Waals surface area contributed by atoms with Gasteiger partial charge < -0.3 is 4.74 Å². The quantitative estimate of drug-likeness (QED) is 0.350. The van der Waals surface area contributed by atoms with E-state index in [9.17, 15) is 4.79 Å². The van der Waals surface area contributed by atoms with Crippen LogP contribution in [0.4, 0.5) is 0 Å². The van der Waals surface area contributed by atoms with Crippen LogP contribution in [0.2, 0.25) is 0 Å². The second-order valence-electron chi connectivity index (χ2n) is 7.81. The summed E-state index contributed by atoms with van der Waals surface area (Å²) in [6.45, 7) is 4.07. The molecule has 0 bridgehead atoms. The van der Waals surface area contributed by atoms with Gasteiger partial charge >= 0.3 is 5.97 Å². The lowest BCUT2D eigenvalue weighted by molar-refractivity contribution is -0.151. The van der Waals surface area contributed by atoms with Gasteiger partial charge in [0.05, 0.1) is 6.61 Å². The Labute approximate surface area is 165 Å². The number of ether oxygens (including phenoxy) is 1. The number of carbonyl (C=O) groups is 1. The van der Waals surface area contributed by atoms with Crippen molar-refractivity contribution in [2.45, 2.75) is 38.8 Å². The highest BCUT2D eigenvalue weighted by atomic mass is 16.5. The van der Waals surface area contributed by atoms with Crippen molar-refractivity contribution in [2.24, 2.45) is 0 Å². The van der Waals surface area contributed by atoms with E-state index in [-0.39, 0.29) is 12.0 Å². The molecular weight excluding hydrogens is 346 g/mol. The number of piperidine rings is 1. The zero-order valence-electron chi connectivity index (χ0n) is 16.3. The van der Waals surface area contributed by atoms with E-state index in [4.69, 9.17) is 4.74 Å². The highest BCUT2D eigenvalue weighted by molar-refractivity contribution is 6.23. The van der Waals surface area contributed by atoms with Gasteiger partial charge in [0.15, 0.2) is 0 Å². The molecule has 1 heterocycles. The first-order valence-electron chi connectivity index (χ1n) is 10.3. The molecule has 1 atom stereocenters. The fourth-order valence-corrected chi connectivity index (χ4v) is 4.84. The number of hydrogen-bond donors (Lipinski definition) is 0. The summed E-state index contributed by atoms with van der Waals surface area (Å²) in [5, 5.41) is 7.85. The molecule has 1 saturated heterocycles. The van der Waals surface area contributed by atoms with Crippen molar-refractivity contribution in [2.75, 3.05) is 13.2 Å². The molecule has 0 N–H and O–H groups in total. The first kappa shape index (κ1) is 17.4. The van der Waals surface area contributed by atoms with E-state index in [1.165, 1.54) is 37.9 Å². The maximum atomic E-state index is 12.5. The molecule has 3 heteroatoms. The van der Waals surface area contributed by atoms with Gasteiger partial charge in [0, 0.05) is 6.54 Å². The molecule has 28 heavy (non-hydrogen) atoms. The summed E-state index contributed by atoms with van der Waals surface area (Å²) in [6.07, 6.45) is 3.13. The fourth-order valence-electron chi connectivity index (χ4n) is 4.84. The second kappa shape index (κ2) is 7.06. The number of carbonyl (C=O) groups excluding carboxylic acids is 1. The Balaban J connectivity index is 1.60. The van der Waals surface area contributed by atoms with Gasteiger partial charge in [0.25, 0.3) is 0 Å². The lowest BCUT2D eigenvalue weighted by Gasteiger charge is -2.34. The molecule has 1 aliphatic heterocycles. The molecule has 0 spiro atoms. The van der Waals surface area contributed by atoms with E-state index in [1.54, 1.807) is 0 Å². The summed E-state index contributed by atoms with van der Waals surface area (Å²) in [5.74, 6) is -0.0695. The third-order valence-electron chi connectivity index (χ3n) is 6.16. The minimum atomic E-state index is -0.118. The normalized spacial score (nSPS) is 18.2. The van der Waals surface area contributed by atoms with Crippen molar-refractivity contribution in [1.29, 1.82) is 0 Å². The molecule has 0 saturated carbocycles. The number of benzene rings is 4. The molecule has 0 amide bonds. The predicted molar refractivity (Wildman–Crippen MR) is 115 cm³/mol. The minimum Gasteiger partial charge on any atom is -0.465 e. The van der Waals surface area contributed by atoms with Crippen molar-refractivity contribution < 1.29 is 9.53 Å². The Morgan fingerprint density at radius 3 is 2.46 bits per heavy atom. The average Bonchev–Trinajstić information content (AvgIpc) is 2.73. The van der Waals surface area contributed by atoms with E-state index in [1.807, 2.05) is 6.92 Å². The van der Waals surface area contributed by atoms with Crippen molar-refractivity contribution in [1.82, 2.24) is 4.90 Å². The fraction of sp³-hybridized carbons (Fsp3) is 0.320. The number of hydrogen-bond acceptors (Lipinski definition) is 3. The summed E-state index contributed by atoms with van der Waals surface area (Å²) in [7, 11) is 0. The van der Waals surface area contributed by atoms with Crippen LogP contribution in [-0.2, 0) is 16.1 Å². The predicted octanol–water partition coefficient (Wildman–Crippen LogP) is 5.50. The molecule has 0 unspecified atom stereocenters. The number of nitrogens with zero attached hydrogens (tertiary/aromatic N) is 1. The Morgan fingerprint density at radius 2 is 1.68 bits per heavy atom. The summed E-state index contributed by atoms with van der Waals surface area (Å²) in [4.78, 5) is 14.8. The third-order valence-corrected chi connectivity index (χ3v) is 6.16. The molecule has 0 radical (unpaired) electrons. The van der Waals surface area contributed by atoms with E-state index < -0.39 is 0 Å². The van der Waals surface area contributed by atoms with Crippen LogP contribution in [0.1, 0.15) is 31.7 Å². The molecule has 4 aromatic rings. The Hall–Kier alpha value is -2.65. The smallest absolute Gasteiger partial charge is 0.323 e. The van der Waals surface area contributed by atoms with Gasteiger partial charge in [-0.2, -0.15) is 0 Å². The zero-order valence-corrected chi connectivity index (χ0v) is 16.3. The van der Waals surface area contributed by atoms with E-state index in [0.29, 0.717) is 6.61 Å². The van der Waals surface area contributed by atoms with Crippen LogP contribution >= 0.6 is 0 Å². The molecule has 0 aliphatic carbocycles.